The molecular weight excluding hydrogens is 112 g/mol. The molecule has 0 radical (unpaired) electrons. The summed E-state index contributed by atoms with van der Waals surface area (Å²) in [6, 6.07) is 0. The SMILES string of the molecule is CCCC(C)CC(N)N. The summed E-state index contributed by atoms with van der Waals surface area (Å²) in [7, 11) is 0. The fraction of sp³-hybridized carbons (Fsp3) is 1.00. The summed E-state index contributed by atoms with van der Waals surface area (Å²) in [6.07, 6.45) is 3.30. The van der Waals surface area contributed by atoms with E-state index in [1.807, 2.05) is 0 Å². The molecule has 1 atom stereocenters. The lowest BCUT2D eigenvalue weighted by atomic mass is 10.0. The van der Waals surface area contributed by atoms with Crippen molar-refractivity contribution in [3.8, 4) is 0 Å². The Hall–Kier alpha value is -0.0800. The highest BCUT2D eigenvalue weighted by atomic mass is 14.8. The van der Waals surface area contributed by atoms with Crippen molar-refractivity contribution in [3.05, 3.63) is 0 Å². The highest BCUT2D eigenvalue weighted by Gasteiger charge is 2.02. The van der Waals surface area contributed by atoms with E-state index >= 15 is 0 Å². The van der Waals surface area contributed by atoms with Gasteiger partial charge in [-0.2, -0.15) is 0 Å². The summed E-state index contributed by atoms with van der Waals surface area (Å²) < 4.78 is 0. The van der Waals surface area contributed by atoms with Crippen molar-refractivity contribution in [2.24, 2.45) is 17.4 Å². The standard InChI is InChI=1S/C7H18N2/c1-3-4-6(2)5-7(8)9/h6-7H,3-5,8-9H2,1-2H3. The topological polar surface area (TPSA) is 52.0 Å². The van der Waals surface area contributed by atoms with Crippen LogP contribution in [0, 0.1) is 5.92 Å². The lowest BCUT2D eigenvalue weighted by Crippen LogP contribution is -2.32. The monoisotopic (exact) mass is 130 g/mol. The van der Waals surface area contributed by atoms with Crippen molar-refractivity contribution in [2.75, 3.05) is 0 Å². The van der Waals surface area contributed by atoms with E-state index in [1.54, 1.807) is 0 Å². The lowest BCUT2D eigenvalue weighted by Gasteiger charge is -2.11. The second-order valence-corrected chi connectivity index (χ2v) is 2.79. The Morgan fingerprint density at radius 2 is 1.89 bits per heavy atom. The number of hydrogen-bond donors (Lipinski definition) is 2. The first-order chi connectivity index (χ1) is 4.16. The Bertz CT molecular complexity index is 61.9. The molecular formula is C7H18N2. The van der Waals surface area contributed by atoms with Crippen LogP contribution in [0.15, 0.2) is 0 Å². The summed E-state index contributed by atoms with van der Waals surface area (Å²) in [6.45, 7) is 4.37. The van der Waals surface area contributed by atoms with Crippen molar-refractivity contribution >= 4 is 0 Å². The number of rotatable bonds is 4. The van der Waals surface area contributed by atoms with Crippen molar-refractivity contribution in [3.63, 3.8) is 0 Å². The molecule has 0 aromatic rings. The second-order valence-electron chi connectivity index (χ2n) is 2.79. The first kappa shape index (κ1) is 8.92. The van der Waals surface area contributed by atoms with Gasteiger partial charge < -0.3 is 11.5 Å². The second kappa shape index (κ2) is 4.77. The van der Waals surface area contributed by atoms with Gasteiger partial charge in [0.25, 0.3) is 0 Å². The highest BCUT2D eigenvalue weighted by Crippen LogP contribution is 2.08. The van der Waals surface area contributed by atoms with Crippen LogP contribution in [0.1, 0.15) is 33.1 Å². The van der Waals surface area contributed by atoms with E-state index in [9.17, 15) is 0 Å². The maximum absolute atomic E-state index is 5.40. The lowest BCUT2D eigenvalue weighted by molar-refractivity contribution is 0.439. The molecule has 0 spiro atoms. The normalized spacial score (nSPS) is 14.3. The Morgan fingerprint density at radius 1 is 1.33 bits per heavy atom. The first-order valence-electron chi connectivity index (χ1n) is 3.68. The minimum absolute atomic E-state index is 0.119. The molecule has 0 aliphatic heterocycles. The van der Waals surface area contributed by atoms with Gasteiger partial charge in [0.1, 0.15) is 0 Å². The zero-order chi connectivity index (χ0) is 7.28. The van der Waals surface area contributed by atoms with Crippen LogP contribution >= 0.6 is 0 Å². The maximum Gasteiger partial charge on any atom is 0.0523 e. The Kier molecular flexibility index (Phi) is 4.72. The van der Waals surface area contributed by atoms with Crippen LogP contribution in [0.4, 0.5) is 0 Å². The van der Waals surface area contributed by atoms with E-state index in [-0.39, 0.29) is 6.17 Å². The van der Waals surface area contributed by atoms with Gasteiger partial charge >= 0.3 is 0 Å². The molecule has 4 N–H and O–H groups in total. The van der Waals surface area contributed by atoms with E-state index in [1.165, 1.54) is 12.8 Å². The van der Waals surface area contributed by atoms with E-state index in [4.69, 9.17) is 11.5 Å². The summed E-state index contributed by atoms with van der Waals surface area (Å²) >= 11 is 0. The van der Waals surface area contributed by atoms with Crippen LogP contribution in [0.3, 0.4) is 0 Å². The van der Waals surface area contributed by atoms with Gasteiger partial charge in [0.15, 0.2) is 0 Å². The van der Waals surface area contributed by atoms with Gasteiger partial charge in [0.05, 0.1) is 6.17 Å². The number of nitrogens with two attached hydrogens (primary N) is 2. The molecule has 2 heteroatoms. The molecule has 0 rings (SSSR count). The zero-order valence-electron chi connectivity index (χ0n) is 6.43. The molecule has 1 unspecified atom stereocenters. The van der Waals surface area contributed by atoms with E-state index < -0.39 is 0 Å². The van der Waals surface area contributed by atoms with Gasteiger partial charge in [-0.15, -0.1) is 0 Å². The molecule has 0 heterocycles. The van der Waals surface area contributed by atoms with Gasteiger partial charge in [0.2, 0.25) is 0 Å². The molecule has 0 fully saturated rings. The molecule has 0 aromatic carbocycles. The molecule has 56 valence electrons. The smallest absolute Gasteiger partial charge is 0.0523 e. The quantitative estimate of drug-likeness (QED) is 0.559. The summed E-state index contributed by atoms with van der Waals surface area (Å²) in [5.41, 5.74) is 10.8. The maximum atomic E-state index is 5.40. The third-order valence-electron chi connectivity index (χ3n) is 1.46. The third kappa shape index (κ3) is 5.80. The molecule has 9 heavy (non-hydrogen) atoms. The summed E-state index contributed by atoms with van der Waals surface area (Å²) in [5, 5.41) is 0. The average molecular weight is 130 g/mol. The molecule has 0 saturated heterocycles. The van der Waals surface area contributed by atoms with Gasteiger partial charge in [-0.3, -0.25) is 0 Å². The Labute approximate surface area is 57.6 Å². The fourth-order valence-electron chi connectivity index (χ4n) is 1.08. The predicted molar refractivity (Wildman–Crippen MR) is 40.9 cm³/mol. The molecule has 2 nitrogen and oxygen atoms in total. The van der Waals surface area contributed by atoms with Crippen molar-refractivity contribution < 1.29 is 0 Å². The zero-order valence-corrected chi connectivity index (χ0v) is 6.43. The van der Waals surface area contributed by atoms with Gasteiger partial charge in [0, 0.05) is 0 Å². The van der Waals surface area contributed by atoms with E-state index in [2.05, 4.69) is 13.8 Å². The van der Waals surface area contributed by atoms with Crippen LogP contribution in [0.2, 0.25) is 0 Å². The van der Waals surface area contributed by atoms with Gasteiger partial charge in [-0.05, 0) is 12.3 Å². The molecule has 0 saturated carbocycles. The summed E-state index contributed by atoms with van der Waals surface area (Å²) in [4.78, 5) is 0. The molecule has 0 bridgehead atoms. The van der Waals surface area contributed by atoms with Crippen molar-refractivity contribution in [1.29, 1.82) is 0 Å². The van der Waals surface area contributed by atoms with Crippen LogP contribution in [-0.4, -0.2) is 6.17 Å². The Morgan fingerprint density at radius 3 is 2.22 bits per heavy atom. The molecule has 0 amide bonds. The fourth-order valence-corrected chi connectivity index (χ4v) is 1.08. The van der Waals surface area contributed by atoms with Crippen LogP contribution in [0.5, 0.6) is 0 Å². The predicted octanol–water partition coefficient (Wildman–Crippen LogP) is 1.06. The molecule has 0 aromatic heterocycles. The molecule has 0 aliphatic carbocycles. The molecule has 0 aliphatic rings. The third-order valence-corrected chi connectivity index (χ3v) is 1.46. The van der Waals surface area contributed by atoms with Crippen LogP contribution < -0.4 is 11.5 Å². The largest absolute Gasteiger partial charge is 0.316 e. The minimum Gasteiger partial charge on any atom is -0.316 e. The van der Waals surface area contributed by atoms with Crippen LogP contribution in [0.25, 0.3) is 0 Å². The van der Waals surface area contributed by atoms with Crippen molar-refractivity contribution in [1.82, 2.24) is 0 Å². The highest BCUT2D eigenvalue weighted by molar-refractivity contribution is 4.58. The van der Waals surface area contributed by atoms with Crippen LogP contribution in [-0.2, 0) is 0 Å². The van der Waals surface area contributed by atoms with E-state index in [0.29, 0.717) is 5.92 Å². The van der Waals surface area contributed by atoms with Crippen molar-refractivity contribution in [2.45, 2.75) is 39.3 Å². The minimum atomic E-state index is -0.119. The van der Waals surface area contributed by atoms with E-state index in [0.717, 1.165) is 6.42 Å². The number of hydrogen-bond acceptors (Lipinski definition) is 2. The summed E-state index contributed by atoms with van der Waals surface area (Å²) in [5.74, 6) is 0.690. The Balaban J connectivity index is 3.15. The van der Waals surface area contributed by atoms with Gasteiger partial charge in [-0.25, -0.2) is 0 Å². The van der Waals surface area contributed by atoms with Gasteiger partial charge in [-0.1, -0.05) is 26.7 Å². The average Bonchev–Trinajstić information content (AvgIpc) is 1.63. The first-order valence-corrected chi connectivity index (χ1v) is 3.68.